The van der Waals surface area contributed by atoms with Crippen LogP contribution in [0.1, 0.15) is 42.6 Å². The summed E-state index contributed by atoms with van der Waals surface area (Å²) in [6.07, 6.45) is 0.381. The number of amides is 2. The number of carbonyl (C=O) groups excluding carboxylic acids is 4. The molecule has 1 saturated heterocycles. The molecule has 2 amide bonds. The molecular weight excluding hydrogens is 376 g/mol. The van der Waals surface area contributed by atoms with Crippen LogP contribution in [0.5, 0.6) is 0 Å². The lowest BCUT2D eigenvalue weighted by Crippen LogP contribution is -2.54. The van der Waals surface area contributed by atoms with E-state index in [1.807, 2.05) is 19.1 Å². The molecule has 1 aromatic rings. The first-order valence-corrected chi connectivity index (χ1v) is 9.66. The molecule has 0 aliphatic carbocycles. The first-order valence-electron chi connectivity index (χ1n) is 9.66. The van der Waals surface area contributed by atoms with Crippen molar-refractivity contribution in [3.63, 3.8) is 0 Å². The van der Waals surface area contributed by atoms with Gasteiger partial charge in [-0.25, -0.2) is 9.59 Å². The standard InChI is InChI=1S/C21H28N2O6/c1-13(2)18(22-21(27)28-4)19(25)23-11-5-6-16(23)20(26)29-12-17(24)15-9-7-14(3)8-10-15/h7-10,13,16,18H,5-6,11-12H2,1-4H3,(H,22,27)/t16-,18-/m0/s1. The molecule has 8 nitrogen and oxygen atoms in total. The lowest BCUT2D eigenvalue weighted by atomic mass is 10.0. The zero-order valence-corrected chi connectivity index (χ0v) is 17.3. The molecule has 2 atom stereocenters. The fraction of sp³-hybridized carbons (Fsp3) is 0.524. The number of methoxy groups -OCH3 is 1. The van der Waals surface area contributed by atoms with Gasteiger partial charge in [0.1, 0.15) is 12.1 Å². The molecule has 0 aromatic heterocycles. The molecule has 1 fully saturated rings. The lowest BCUT2D eigenvalue weighted by molar-refractivity contribution is -0.153. The second kappa shape index (κ2) is 10.0. The van der Waals surface area contributed by atoms with Gasteiger partial charge in [-0.1, -0.05) is 43.7 Å². The molecule has 1 heterocycles. The van der Waals surface area contributed by atoms with Crippen molar-refractivity contribution in [2.24, 2.45) is 5.92 Å². The van der Waals surface area contributed by atoms with Gasteiger partial charge in [-0.2, -0.15) is 0 Å². The van der Waals surface area contributed by atoms with E-state index in [0.717, 1.165) is 5.56 Å². The Morgan fingerprint density at radius 1 is 1.17 bits per heavy atom. The van der Waals surface area contributed by atoms with E-state index in [1.165, 1.54) is 12.0 Å². The maximum atomic E-state index is 12.9. The third-order valence-electron chi connectivity index (χ3n) is 4.92. The van der Waals surface area contributed by atoms with Crippen LogP contribution in [-0.2, 0) is 19.1 Å². The minimum atomic E-state index is -0.815. The van der Waals surface area contributed by atoms with Gasteiger partial charge >= 0.3 is 12.1 Å². The van der Waals surface area contributed by atoms with Crippen LogP contribution in [0.2, 0.25) is 0 Å². The number of benzene rings is 1. The quantitative estimate of drug-likeness (QED) is 0.552. The van der Waals surface area contributed by atoms with Crippen molar-refractivity contribution < 1.29 is 28.7 Å². The van der Waals surface area contributed by atoms with E-state index < -0.39 is 24.1 Å². The van der Waals surface area contributed by atoms with Crippen molar-refractivity contribution in [2.75, 3.05) is 20.3 Å². The summed E-state index contributed by atoms with van der Waals surface area (Å²) in [7, 11) is 1.22. The number of carbonyl (C=O) groups is 4. The Kier molecular flexibility index (Phi) is 7.75. The number of hydrogen-bond acceptors (Lipinski definition) is 6. The number of ketones is 1. The number of aryl methyl sites for hydroxylation is 1. The molecule has 1 aliphatic heterocycles. The molecule has 0 radical (unpaired) electrons. The average Bonchev–Trinajstić information content (AvgIpc) is 3.19. The number of nitrogens with one attached hydrogen (secondary N) is 1. The highest BCUT2D eigenvalue weighted by molar-refractivity contribution is 5.98. The summed E-state index contributed by atoms with van der Waals surface area (Å²) in [6, 6.07) is 5.41. The van der Waals surface area contributed by atoms with Crippen molar-refractivity contribution in [1.82, 2.24) is 10.2 Å². The van der Waals surface area contributed by atoms with Gasteiger partial charge in [0.05, 0.1) is 7.11 Å². The van der Waals surface area contributed by atoms with Crippen molar-refractivity contribution in [3.05, 3.63) is 35.4 Å². The number of ether oxygens (including phenoxy) is 2. The molecule has 29 heavy (non-hydrogen) atoms. The highest BCUT2D eigenvalue weighted by atomic mass is 16.5. The Balaban J connectivity index is 2.00. The molecule has 1 N–H and O–H groups in total. The number of hydrogen-bond donors (Lipinski definition) is 1. The van der Waals surface area contributed by atoms with Gasteiger partial charge in [0.2, 0.25) is 5.91 Å². The number of esters is 1. The van der Waals surface area contributed by atoms with Crippen molar-refractivity contribution in [3.8, 4) is 0 Å². The molecule has 0 unspecified atom stereocenters. The number of nitrogens with zero attached hydrogens (tertiary/aromatic N) is 1. The molecule has 0 spiro atoms. The first-order chi connectivity index (χ1) is 13.7. The van der Waals surface area contributed by atoms with E-state index in [9.17, 15) is 19.2 Å². The van der Waals surface area contributed by atoms with Crippen LogP contribution in [0.15, 0.2) is 24.3 Å². The van der Waals surface area contributed by atoms with E-state index >= 15 is 0 Å². The van der Waals surface area contributed by atoms with Crippen molar-refractivity contribution in [2.45, 2.75) is 45.7 Å². The van der Waals surface area contributed by atoms with Gasteiger partial charge in [0.15, 0.2) is 12.4 Å². The number of likely N-dealkylation sites (tertiary alicyclic amines) is 1. The summed E-state index contributed by atoms with van der Waals surface area (Å²) in [5, 5.41) is 2.52. The average molecular weight is 404 g/mol. The zero-order chi connectivity index (χ0) is 21.6. The summed E-state index contributed by atoms with van der Waals surface area (Å²) < 4.78 is 9.78. The predicted octanol–water partition coefficient (Wildman–Crippen LogP) is 2.09. The Hall–Kier alpha value is -2.90. The molecular formula is C21H28N2O6. The third-order valence-corrected chi connectivity index (χ3v) is 4.92. The summed E-state index contributed by atoms with van der Waals surface area (Å²) in [4.78, 5) is 50.7. The second-order valence-electron chi connectivity index (χ2n) is 7.44. The molecule has 158 valence electrons. The Labute approximate surface area is 170 Å². The second-order valence-corrected chi connectivity index (χ2v) is 7.44. The summed E-state index contributed by atoms with van der Waals surface area (Å²) in [6.45, 7) is 5.51. The van der Waals surface area contributed by atoms with E-state index in [0.29, 0.717) is 24.9 Å². The Bertz CT molecular complexity index is 759. The summed E-state index contributed by atoms with van der Waals surface area (Å²) in [5.74, 6) is -1.48. The van der Waals surface area contributed by atoms with Gasteiger partial charge in [0, 0.05) is 12.1 Å². The smallest absolute Gasteiger partial charge is 0.407 e. The Morgan fingerprint density at radius 3 is 2.41 bits per heavy atom. The van der Waals surface area contributed by atoms with Crippen LogP contribution in [0.25, 0.3) is 0 Å². The fourth-order valence-electron chi connectivity index (χ4n) is 3.21. The van der Waals surface area contributed by atoms with Crippen molar-refractivity contribution >= 4 is 23.8 Å². The van der Waals surface area contributed by atoms with E-state index in [4.69, 9.17) is 4.74 Å². The molecule has 1 aromatic carbocycles. The summed E-state index contributed by atoms with van der Waals surface area (Å²) >= 11 is 0. The highest BCUT2D eigenvalue weighted by Crippen LogP contribution is 2.21. The van der Waals surface area contributed by atoms with Crippen LogP contribution in [0, 0.1) is 12.8 Å². The lowest BCUT2D eigenvalue weighted by Gasteiger charge is -2.29. The SMILES string of the molecule is COC(=O)N[C@H](C(=O)N1CCC[C@H]1C(=O)OCC(=O)c1ccc(C)cc1)C(C)C. The van der Waals surface area contributed by atoms with Gasteiger partial charge < -0.3 is 19.7 Å². The van der Waals surface area contributed by atoms with Gasteiger partial charge in [-0.05, 0) is 25.7 Å². The van der Waals surface area contributed by atoms with Gasteiger partial charge in [-0.3, -0.25) is 9.59 Å². The maximum Gasteiger partial charge on any atom is 0.407 e. The topological polar surface area (TPSA) is 102 Å². The molecule has 2 rings (SSSR count). The largest absolute Gasteiger partial charge is 0.456 e. The zero-order valence-electron chi connectivity index (χ0n) is 17.3. The van der Waals surface area contributed by atoms with Gasteiger partial charge in [-0.15, -0.1) is 0 Å². The van der Waals surface area contributed by atoms with Crippen LogP contribution < -0.4 is 5.32 Å². The maximum absolute atomic E-state index is 12.9. The molecule has 1 aliphatic rings. The summed E-state index contributed by atoms with van der Waals surface area (Å²) in [5.41, 5.74) is 1.49. The number of rotatable bonds is 7. The normalized spacial score (nSPS) is 17.0. The molecule has 0 saturated carbocycles. The van der Waals surface area contributed by atoms with Crippen LogP contribution in [0.3, 0.4) is 0 Å². The number of alkyl carbamates (subject to hydrolysis) is 1. The molecule has 8 heteroatoms. The first kappa shape index (κ1) is 22.4. The highest BCUT2D eigenvalue weighted by Gasteiger charge is 2.39. The Morgan fingerprint density at radius 2 is 1.83 bits per heavy atom. The third kappa shape index (κ3) is 5.79. The van der Waals surface area contributed by atoms with Gasteiger partial charge in [0.25, 0.3) is 0 Å². The van der Waals surface area contributed by atoms with Crippen LogP contribution >= 0.6 is 0 Å². The monoisotopic (exact) mass is 404 g/mol. The minimum absolute atomic E-state index is 0.193. The van der Waals surface area contributed by atoms with E-state index in [-0.39, 0.29) is 24.2 Å². The van der Waals surface area contributed by atoms with Crippen LogP contribution in [0.4, 0.5) is 4.79 Å². The van der Waals surface area contributed by atoms with Crippen LogP contribution in [-0.4, -0.2) is 61.0 Å². The minimum Gasteiger partial charge on any atom is -0.456 e. The predicted molar refractivity (Wildman–Crippen MR) is 105 cm³/mol. The number of Topliss-reactive ketones (excluding diaryl/α,β-unsaturated/α-hetero) is 1. The van der Waals surface area contributed by atoms with Crippen molar-refractivity contribution in [1.29, 1.82) is 0 Å². The van der Waals surface area contributed by atoms with E-state index in [2.05, 4.69) is 10.1 Å². The van der Waals surface area contributed by atoms with E-state index in [1.54, 1.807) is 26.0 Å². The molecule has 0 bridgehead atoms. The fourth-order valence-corrected chi connectivity index (χ4v) is 3.21.